The van der Waals surface area contributed by atoms with Crippen LogP contribution < -0.4 is 11.1 Å². The molecule has 5 heteroatoms. The highest BCUT2D eigenvalue weighted by atomic mass is 35.5. The highest BCUT2D eigenvalue weighted by molar-refractivity contribution is 7.23. The first kappa shape index (κ1) is 13.9. The van der Waals surface area contributed by atoms with Crippen LogP contribution in [-0.4, -0.2) is 5.84 Å². The molecule has 0 saturated carbocycles. The maximum Gasteiger partial charge on any atom is 0.135 e. The Morgan fingerprint density at radius 3 is 2.76 bits per heavy atom. The maximum atomic E-state index is 6.24. The van der Waals surface area contributed by atoms with Crippen molar-refractivity contribution < 1.29 is 0 Å². The minimum absolute atomic E-state index is 0. The predicted octanol–water partition coefficient (Wildman–Crippen LogP) is 4.73. The van der Waals surface area contributed by atoms with Gasteiger partial charge in [0, 0.05) is 10.1 Å². The highest BCUT2D eigenvalue weighted by Crippen LogP contribution is 2.42. The molecule has 0 amide bonds. The quantitative estimate of drug-likeness (QED) is 0.630. The summed E-state index contributed by atoms with van der Waals surface area (Å²) < 4.78 is 1.27. The van der Waals surface area contributed by atoms with Crippen LogP contribution in [0.15, 0.2) is 47.5 Å². The van der Waals surface area contributed by atoms with E-state index in [0.717, 1.165) is 21.9 Å². The monoisotopic (exact) mass is 315 g/mol. The number of aliphatic imine (C=N–C) groups is 1. The van der Waals surface area contributed by atoms with E-state index in [-0.39, 0.29) is 12.4 Å². The third-order valence-electron chi connectivity index (χ3n) is 3.56. The first-order valence-electron chi connectivity index (χ1n) is 6.47. The number of nitrogens with one attached hydrogen (secondary N) is 1. The number of rotatable bonds is 0. The molecule has 0 fully saturated rings. The molecular weight excluding hydrogens is 302 g/mol. The molecule has 0 spiro atoms. The van der Waals surface area contributed by atoms with Gasteiger partial charge < -0.3 is 11.1 Å². The second-order valence-electron chi connectivity index (χ2n) is 4.90. The Hall–Kier alpha value is -2.04. The van der Waals surface area contributed by atoms with Crippen LogP contribution in [-0.2, 0) is 0 Å². The lowest BCUT2D eigenvalue weighted by Crippen LogP contribution is -2.12. The molecule has 0 radical (unpaired) electrons. The molecule has 3 N–H and O–H groups in total. The predicted molar refractivity (Wildman–Crippen MR) is 93.9 cm³/mol. The lowest BCUT2D eigenvalue weighted by atomic mass is 10.1. The van der Waals surface area contributed by atoms with Crippen LogP contribution >= 0.6 is 23.7 Å². The summed E-state index contributed by atoms with van der Waals surface area (Å²) in [7, 11) is 0. The normalized spacial score (nSPS) is 12.5. The summed E-state index contributed by atoms with van der Waals surface area (Å²) in [5.74, 6) is 0.578. The molecule has 0 aliphatic carbocycles. The zero-order valence-corrected chi connectivity index (χ0v) is 13.0. The van der Waals surface area contributed by atoms with E-state index in [0.29, 0.717) is 5.84 Å². The number of amidine groups is 1. The fourth-order valence-electron chi connectivity index (χ4n) is 2.59. The molecule has 0 atom stereocenters. The van der Waals surface area contributed by atoms with E-state index in [1.54, 1.807) is 11.3 Å². The van der Waals surface area contributed by atoms with Crippen LogP contribution in [0.3, 0.4) is 0 Å². The number of hydrogen-bond donors (Lipinski definition) is 2. The van der Waals surface area contributed by atoms with Gasteiger partial charge in [0.25, 0.3) is 0 Å². The number of fused-ring (bicyclic) bond motifs is 4. The molecule has 106 valence electrons. The van der Waals surface area contributed by atoms with E-state index in [9.17, 15) is 0 Å². The van der Waals surface area contributed by atoms with Crippen LogP contribution in [0, 0.1) is 6.92 Å². The molecule has 0 saturated heterocycles. The van der Waals surface area contributed by atoms with Crippen molar-refractivity contribution in [3.05, 3.63) is 53.6 Å². The summed E-state index contributed by atoms with van der Waals surface area (Å²) in [5, 5.41) is 5.72. The lowest BCUT2D eigenvalue weighted by molar-refractivity contribution is 1.48. The number of nitrogens with two attached hydrogens (primary N) is 1. The van der Waals surface area contributed by atoms with E-state index >= 15 is 0 Å². The SMILES string of the molecule is Cc1cccc2c3c(sc12)Nc1ccccc1N=C3N.Cl. The van der Waals surface area contributed by atoms with Gasteiger partial charge in [-0.3, -0.25) is 0 Å². The topological polar surface area (TPSA) is 50.4 Å². The standard InChI is InChI=1S/C16H13N3S.ClH/c1-9-5-4-6-10-13-15(17)18-11-7-2-3-8-12(11)19-16(13)20-14(9)10;/h2-8,19H,1H3,(H2,17,18);1H. The van der Waals surface area contributed by atoms with Gasteiger partial charge in [0.05, 0.1) is 16.9 Å². The van der Waals surface area contributed by atoms with Gasteiger partial charge in [-0.1, -0.05) is 30.3 Å². The summed E-state index contributed by atoms with van der Waals surface area (Å²) in [5.41, 5.74) is 10.4. The molecule has 1 aromatic heterocycles. The Balaban J connectivity index is 0.00000132. The average Bonchev–Trinajstić information content (AvgIpc) is 2.74. The number of benzene rings is 2. The fourth-order valence-corrected chi connectivity index (χ4v) is 3.78. The molecule has 2 heterocycles. The lowest BCUT2D eigenvalue weighted by Gasteiger charge is -2.04. The molecule has 4 rings (SSSR count). The third-order valence-corrected chi connectivity index (χ3v) is 4.82. The molecule has 21 heavy (non-hydrogen) atoms. The molecule has 3 aromatic rings. The van der Waals surface area contributed by atoms with Gasteiger partial charge in [0.15, 0.2) is 0 Å². The van der Waals surface area contributed by atoms with Crippen LogP contribution in [0.5, 0.6) is 0 Å². The van der Waals surface area contributed by atoms with Gasteiger partial charge in [-0.2, -0.15) is 0 Å². The van der Waals surface area contributed by atoms with Gasteiger partial charge in [0.1, 0.15) is 10.8 Å². The number of aryl methyl sites for hydroxylation is 1. The summed E-state index contributed by atoms with van der Waals surface area (Å²) >= 11 is 1.74. The molecule has 0 unspecified atom stereocenters. The summed E-state index contributed by atoms with van der Waals surface area (Å²) in [6, 6.07) is 14.3. The Bertz CT molecular complexity index is 867. The molecule has 1 aliphatic heterocycles. The number of nitrogens with zero attached hydrogens (tertiary/aromatic N) is 1. The average molecular weight is 316 g/mol. The van der Waals surface area contributed by atoms with Crippen LogP contribution in [0.25, 0.3) is 10.1 Å². The minimum Gasteiger partial charge on any atom is -0.383 e. The van der Waals surface area contributed by atoms with Crippen molar-refractivity contribution in [2.75, 3.05) is 5.32 Å². The van der Waals surface area contributed by atoms with Gasteiger partial charge in [0.2, 0.25) is 0 Å². The zero-order valence-electron chi connectivity index (χ0n) is 11.4. The highest BCUT2D eigenvalue weighted by Gasteiger charge is 2.20. The third kappa shape index (κ3) is 2.07. The Labute approximate surface area is 132 Å². The van der Waals surface area contributed by atoms with Gasteiger partial charge in [-0.15, -0.1) is 23.7 Å². The molecular formula is C16H14ClN3S. The van der Waals surface area contributed by atoms with Crippen molar-refractivity contribution in [2.24, 2.45) is 10.7 Å². The Kier molecular flexibility index (Phi) is 3.35. The van der Waals surface area contributed by atoms with Crippen molar-refractivity contribution in [2.45, 2.75) is 6.92 Å². The van der Waals surface area contributed by atoms with E-state index < -0.39 is 0 Å². The Morgan fingerprint density at radius 2 is 1.90 bits per heavy atom. The van der Waals surface area contributed by atoms with Crippen molar-refractivity contribution in [3.63, 3.8) is 0 Å². The fraction of sp³-hybridized carbons (Fsp3) is 0.0625. The second kappa shape index (κ2) is 5.06. The number of hydrogen-bond acceptors (Lipinski definition) is 4. The molecule has 3 nitrogen and oxygen atoms in total. The number of thiophene rings is 1. The van der Waals surface area contributed by atoms with Crippen molar-refractivity contribution in [1.82, 2.24) is 0 Å². The minimum atomic E-state index is 0. The number of para-hydroxylation sites is 2. The zero-order chi connectivity index (χ0) is 13.7. The van der Waals surface area contributed by atoms with Gasteiger partial charge >= 0.3 is 0 Å². The molecule has 1 aliphatic rings. The second-order valence-corrected chi connectivity index (χ2v) is 5.92. The molecule has 2 aromatic carbocycles. The van der Waals surface area contributed by atoms with Crippen molar-refractivity contribution >= 4 is 56.0 Å². The van der Waals surface area contributed by atoms with E-state index in [1.165, 1.54) is 15.6 Å². The first-order chi connectivity index (χ1) is 9.74. The summed E-state index contributed by atoms with van der Waals surface area (Å²) in [4.78, 5) is 4.57. The Morgan fingerprint density at radius 1 is 1.10 bits per heavy atom. The van der Waals surface area contributed by atoms with Crippen molar-refractivity contribution in [1.29, 1.82) is 0 Å². The van der Waals surface area contributed by atoms with Crippen LogP contribution in [0.2, 0.25) is 0 Å². The summed E-state index contributed by atoms with van der Waals surface area (Å²) in [6.07, 6.45) is 0. The number of halogens is 1. The van der Waals surface area contributed by atoms with E-state index in [1.807, 2.05) is 24.3 Å². The van der Waals surface area contributed by atoms with Gasteiger partial charge in [-0.25, -0.2) is 4.99 Å². The largest absolute Gasteiger partial charge is 0.383 e. The molecule has 0 bridgehead atoms. The summed E-state index contributed by atoms with van der Waals surface area (Å²) in [6.45, 7) is 2.12. The number of anilines is 2. The van der Waals surface area contributed by atoms with Crippen molar-refractivity contribution in [3.8, 4) is 0 Å². The smallest absolute Gasteiger partial charge is 0.135 e. The first-order valence-corrected chi connectivity index (χ1v) is 7.28. The van der Waals surface area contributed by atoms with Crippen LogP contribution in [0.1, 0.15) is 11.1 Å². The maximum absolute atomic E-state index is 6.24. The van der Waals surface area contributed by atoms with Gasteiger partial charge in [-0.05, 0) is 24.6 Å². The van der Waals surface area contributed by atoms with E-state index in [4.69, 9.17) is 5.73 Å². The van der Waals surface area contributed by atoms with E-state index in [2.05, 4.69) is 35.4 Å². The van der Waals surface area contributed by atoms with Crippen LogP contribution in [0.4, 0.5) is 16.4 Å².